The summed E-state index contributed by atoms with van der Waals surface area (Å²) in [5.41, 5.74) is 2.00. The molecule has 1 heterocycles. The molecule has 0 fully saturated rings. The lowest BCUT2D eigenvalue weighted by atomic mass is 10.1. The molecule has 60 valence electrons. The highest BCUT2D eigenvalue weighted by molar-refractivity contribution is 5.19. The van der Waals surface area contributed by atoms with Crippen LogP contribution in [0.5, 0.6) is 0 Å². The molecule has 1 atom stereocenters. The van der Waals surface area contributed by atoms with Crippen LogP contribution in [0.25, 0.3) is 0 Å². The molecule has 1 rings (SSSR count). The lowest BCUT2D eigenvalue weighted by Crippen LogP contribution is -2.08. The van der Waals surface area contributed by atoms with Crippen LogP contribution in [0.15, 0.2) is 18.3 Å². The molecule has 11 heavy (non-hydrogen) atoms. The minimum Gasteiger partial charge on any atom is -0.295 e. The molecule has 0 saturated heterocycles. The number of nitrogens with zero attached hydrogens (tertiary/aromatic N) is 1. The smallest absolute Gasteiger partial charge is 0.118 e. The first-order valence-electron chi connectivity index (χ1n) is 3.52. The second-order valence-corrected chi connectivity index (χ2v) is 2.48. The highest BCUT2D eigenvalue weighted by atomic mass is 16.6. The van der Waals surface area contributed by atoms with E-state index in [2.05, 4.69) is 9.82 Å². The predicted octanol–water partition coefficient (Wildman–Crippen LogP) is 1.34. The second kappa shape index (κ2) is 3.46. The molecule has 2 N–H and O–H groups in total. The molecule has 0 saturated carbocycles. The van der Waals surface area contributed by atoms with Crippen LogP contribution in [-0.2, 0) is 4.84 Å². The summed E-state index contributed by atoms with van der Waals surface area (Å²) >= 11 is 0. The van der Waals surface area contributed by atoms with Crippen LogP contribution in [0.1, 0.15) is 24.3 Å². The summed E-state index contributed by atoms with van der Waals surface area (Å²) in [5, 5.41) is 0. The van der Waals surface area contributed by atoms with Gasteiger partial charge in [0.1, 0.15) is 6.10 Å². The van der Waals surface area contributed by atoms with Gasteiger partial charge >= 0.3 is 0 Å². The average Bonchev–Trinajstić information content (AvgIpc) is 2.04. The SMILES string of the molecule is Cc1cccnc1C(C)ON. The number of aromatic nitrogens is 1. The van der Waals surface area contributed by atoms with Gasteiger partial charge < -0.3 is 0 Å². The summed E-state index contributed by atoms with van der Waals surface area (Å²) in [4.78, 5) is 8.80. The van der Waals surface area contributed by atoms with E-state index < -0.39 is 0 Å². The number of nitrogens with two attached hydrogens (primary N) is 1. The molecule has 0 aromatic carbocycles. The van der Waals surface area contributed by atoms with Gasteiger partial charge in [-0.3, -0.25) is 9.82 Å². The Morgan fingerprint density at radius 1 is 1.64 bits per heavy atom. The third-order valence-corrected chi connectivity index (χ3v) is 1.64. The molecule has 1 aromatic heterocycles. The van der Waals surface area contributed by atoms with E-state index in [1.165, 1.54) is 0 Å². The van der Waals surface area contributed by atoms with Gasteiger partial charge in [0.05, 0.1) is 5.69 Å². The maximum atomic E-state index is 5.03. The van der Waals surface area contributed by atoms with Crippen molar-refractivity contribution in [3.05, 3.63) is 29.6 Å². The normalized spacial score (nSPS) is 13.0. The van der Waals surface area contributed by atoms with Crippen molar-refractivity contribution in [3.8, 4) is 0 Å². The fourth-order valence-electron chi connectivity index (χ4n) is 0.988. The Morgan fingerprint density at radius 2 is 2.36 bits per heavy atom. The number of aryl methyl sites for hydroxylation is 1. The maximum absolute atomic E-state index is 5.03. The molecule has 1 unspecified atom stereocenters. The fourth-order valence-corrected chi connectivity index (χ4v) is 0.988. The van der Waals surface area contributed by atoms with Crippen molar-refractivity contribution in [1.82, 2.24) is 4.98 Å². The van der Waals surface area contributed by atoms with E-state index in [-0.39, 0.29) is 6.10 Å². The van der Waals surface area contributed by atoms with Crippen LogP contribution >= 0.6 is 0 Å². The van der Waals surface area contributed by atoms with Crippen molar-refractivity contribution in [2.45, 2.75) is 20.0 Å². The first kappa shape index (κ1) is 8.17. The third kappa shape index (κ3) is 1.76. The summed E-state index contributed by atoms with van der Waals surface area (Å²) in [5.74, 6) is 5.03. The Bertz CT molecular complexity index is 237. The van der Waals surface area contributed by atoms with Gasteiger partial charge in [0, 0.05) is 6.20 Å². The van der Waals surface area contributed by atoms with Gasteiger partial charge in [0.25, 0.3) is 0 Å². The van der Waals surface area contributed by atoms with Crippen molar-refractivity contribution in [3.63, 3.8) is 0 Å². The largest absolute Gasteiger partial charge is 0.295 e. The summed E-state index contributed by atoms with van der Waals surface area (Å²) in [6.07, 6.45) is 1.61. The molecule has 0 spiro atoms. The number of hydrogen-bond donors (Lipinski definition) is 1. The Hall–Kier alpha value is -0.930. The standard InChI is InChI=1S/C8H12N2O/c1-6-4-3-5-10-8(6)7(2)11-9/h3-5,7H,9H2,1-2H3. The molecule has 0 aliphatic rings. The van der Waals surface area contributed by atoms with E-state index in [0.717, 1.165) is 11.3 Å². The number of rotatable bonds is 2. The van der Waals surface area contributed by atoms with Gasteiger partial charge in [0.15, 0.2) is 0 Å². The van der Waals surface area contributed by atoms with Crippen LogP contribution in [0, 0.1) is 6.92 Å². The summed E-state index contributed by atoms with van der Waals surface area (Å²) in [7, 11) is 0. The first-order valence-corrected chi connectivity index (χ1v) is 3.52. The molecule has 0 radical (unpaired) electrons. The highest BCUT2D eigenvalue weighted by Gasteiger charge is 2.07. The molecule has 0 aliphatic carbocycles. The highest BCUT2D eigenvalue weighted by Crippen LogP contribution is 2.14. The van der Waals surface area contributed by atoms with E-state index in [1.54, 1.807) is 6.20 Å². The maximum Gasteiger partial charge on any atom is 0.118 e. The minimum atomic E-state index is -0.129. The Kier molecular flexibility index (Phi) is 2.57. The van der Waals surface area contributed by atoms with Crippen LogP contribution in [-0.4, -0.2) is 4.98 Å². The molecule has 0 amide bonds. The van der Waals surface area contributed by atoms with Crippen molar-refractivity contribution in [2.75, 3.05) is 0 Å². The van der Waals surface area contributed by atoms with E-state index in [4.69, 9.17) is 5.90 Å². The molecule has 3 heteroatoms. The van der Waals surface area contributed by atoms with Crippen molar-refractivity contribution in [1.29, 1.82) is 0 Å². The zero-order chi connectivity index (χ0) is 8.27. The lowest BCUT2D eigenvalue weighted by Gasteiger charge is -2.09. The zero-order valence-corrected chi connectivity index (χ0v) is 6.74. The van der Waals surface area contributed by atoms with E-state index in [0.29, 0.717) is 0 Å². The van der Waals surface area contributed by atoms with Crippen molar-refractivity contribution < 1.29 is 4.84 Å². The predicted molar refractivity (Wildman–Crippen MR) is 42.7 cm³/mol. The van der Waals surface area contributed by atoms with Gasteiger partial charge in [-0.05, 0) is 25.5 Å². The average molecular weight is 152 g/mol. The number of pyridine rings is 1. The van der Waals surface area contributed by atoms with Crippen molar-refractivity contribution in [2.24, 2.45) is 5.90 Å². The van der Waals surface area contributed by atoms with E-state index in [1.807, 2.05) is 26.0 Å². The molecule has 0 bridgehead atoms. The first-order chi connectivity index (χ1) is 5.25. The van der Waals surface area contributed by atoms with Crippen molar-refractivity contribution >= 4 is 0 Å². The Balaban J connectivity index is 2.93. The van der Waals surface area contributed by atoms with Gasteiger partial charge in [-0.2, -0.15) is 0 Å². The van der Waals surface area contributed by atoms with Gasteiger partial charge in [-0.15, -0.1) is 0 Å². The quantitative estimate of drug-likeness (QED) is 0.650. The van der Waals surface area contributed by atoms with Crippen LogP contribution in [0.3, 0.4) is 0 Å². The fraction of sp³-hybridized carbons (Fsp3) is 0.375. The summed E-state index contributed by atoms with van der Waals surface area (Å²) < 4.78 is 0. The van der Waals surface area contributed by atoms with Gasteiger partial charge in [-0.1, -0.05) is 6.07 Å². The zero-order valence-electron chi connectivity index (χ0n) is 6.74. The summed E-state index contributed by atoms with van der Waals surface area (Å²) in [6, 6.07) is 3.87. The second-order valence-electron chi connectivity index (χ2n) is 2.48. The van der Waals surface area contributed by atoms with Crippen LogP contribution < -0.4 is 5.90 Å². The van der Waals surface area contributed by atoms with E-state index >= 15 is 0 Å². The van der Waals surface area contributed by atoms with Crippen LogP contribution in [0.2, 0.25) is 0 Å². The molecule has 3 nitrogen and oxygen atoms in total. The minimum absolute atomic E-state index is 0.129. The van der Waals surface area contributed by atoms with E-state index in [9.17, 15) is 0 Å². The third-order valence-electron chi connectivity index (χ3n) is 1.64. The summed E-state index contributed by atoms with van der Waals surface area (Å²) in [6.45, 7) is 3.85. The topological polar surface area (TPSA) is 48.1 Å². The Morgan fingerprint density at radius 3 is 2.91 bits per heavy atom. The number of hydrogen-bond acceptors (Lipinski definition) is 3. The van der Waals surface area contributed by atoms with Crippen LogP contribution in [0.4, 0.5) is 0 Å². The molecule has 0 aliphatic heterocycles. The van der Waals surface area contributed by atoms with Gasteiger partial charge in [0.2, 0.25) is 0 Å². The Labute approximate surface area is 66.2 Å². The molecule has 1 aromatic rings. The lowest BCUT2D eigenvalue weighted by molar-refractivity contribution is 0.0630. The molecular weight excluding hydrogens is 140 g/mol. The molecular formula is C8H12N2O. The van der Waals surface area contributed by atoms with Gasteiger partial charge in [-0.25, -0.2) is 5.90 Å². The monoisotopic (exact) mass is 152 g/mol.